The van der Waals surface area contributed by atoms with Crippen molar-refractivity contribution < 1.29 is 13.5 Å². The first-order valence-corrected chi connectivity index (χ1v) is 8.03. The van der Waals surface area contributed by atoms with E-state index < -0.39 is 0 Å². The molecule has 3 aromatic rings. The van der Waals surface area contributed by atoms with Crippen LogP contribution in [0.15, 0.2) is 60.8 Å². The largest absolute Gasteiger partial charge is 0.457 e. The average Bonchev–Trinajstić information content (AvgIpc) is 2.54. The first-order valence-electron chi connectivity index (χ1n) is 8.03. The Balaban J connectivity index is 1.87. The molecular weight excluding hydrogens is 320 g/mol. The van der Waals surface area contributed by atoms with E-state index in [4.69, 9.17) is 4.74 Å². The quantitative estimate of drug-likeness (QED) is 0.574. The predicted molar refractivity (Wildman–Crippen MR) is 94.8 cm³/mol. The molecule has 4 heteroatoms. The summed E-state index contributed by atoms with van der Waals surface area (Å²) in [7, 11) is 0. The van der Waals surface area contributed by atoms with Crippen LogP contribution in [0.2, 0.25) is 0 Å². The third-order valence-corrected chi connectivity index (χ3v) is 3.84. The second kappa shape index (κ2) is 6.63. The van der Waals surface area contributed by atoms with E-state index in [1.165, 1.54) is 18.2 Å². The third kappa shape index (κ3) is 4.02. The van der Waals surface area contributed by atoms with Gasteiger partial charge in [-0.15, -0.1) is 0 Å². The summed E-state index contributed by atoms with van der Waals surface area (Å²) in [6.07, 6.45) is 1.58. The van der Waals surface area contributed by atoms with E-state index >= 15 is 0 Å². The van der Waals surface area contributed by atoms with Gasteiger partial charge in [0.15, 0.2) is 0 Å². The topological polar surface area (TPSA) is 22.1 Å². The van der Waals surface area contributed by atoms with Crippen molar-refractivity contribution in [1.82, 2.24) is 4.98 Å². The fourth-order valence-corrected chi connectivity index (χ4v) is 2.58. The molecule has 25 heavy (non-hydrogen) atoms. The number of hydrogen-bond acceptors (Lipinski definition) is 2. The van der Waals surface area contributed by atoms with Crippen molar-refractivity contribution in [1.29, 1.82) is 0 Å². The van der Waals surface area contributed by atoms with Gasteiger partial charge in [0.1, 0.15) is 23.1 Å². The van der Waals surface area contributed by atoms with E-state index in [-0.39, 0.29) is 17.0 Å². The summed E-state index contributed by atoms with van der Waals surface area (Å²) in [5, 5.41) is 0. The lowest BCUT2D eigenvalue weighted by Crippen LogP contribution is -2.13. The first-order chi connectivity index (χ1) is 11.8. The zero-order chi connectivity index (χ0) is 18.0. The van der Waals surface area contributed by atoms with Crippen molar-refractivity contribution in [2.45, 2.75) is 26.2 Å². The first kappa shape index (κ1) is 17.1. The number of benzene rings is 2. The summed E-state index contributed by atoms with van der Waals surface area (Å²) < 4.78 is 33.4. The third-order valence-electron chi connectivity index (χ3n) is 3.84. The average molecular weight is 339 g/mol. The molecular formula is C21H19F2NO. The highest BCUT2D eigenvalue weighted by Gasteiger charge is 2.18. The molecule has 2 aromatic carbocycles. The van der Waals surface area contributed by atoms with Gasteiger partial charge in [-0.3, -0.25) is 4.98 Å². The lowest BCUT2D eigenvalue weighted by atomic mass is 9.87. The van der Waals surface area contributed by atoms with Gasteiger partial charge in [0.05, 0.1) is 5.69 Å². The van der Waals surface area contributed by atoms with Crippen molar-refractivity contribution in [2.24, 2.45) is 0 Å². The molecule has 1 aromatic heterocycles. The van der Waals surface area contributed by atoms with Gasteiger partial charge in [-0.1, -0.05) is 39.0 Å². The molecule has 0 bridgehead atoms. The summed E-state index contributed by atoms with van der Waals surface area (Å²) in [4.78, 5) is 4.24. The van der Waals surface area contributed by atoms with Crippen molar-refractivity contribution in [2.75, 3.05) is 0 Å². The lowest BCUT2D eigenvalue weighted by Gasteiger charge is -2.20. The van der Waals surface area contributed by atoms with Crippen molar-refractivity contribution in [3.63, 3.8) is 0 Å². The molecule has 128 valence electrons. The van der Waals surface area contributed by atoms with Gasteiger partial charge in [0.25, 0.3) is 0 Å². The van der Waals surface area contributed by atoms with E-state index in [0.29, 0.717) is 28.3 Å². The van der Waals surface area contributed by atoms with E-state index in [0.717, 1.165) is 0 Å². The van der Waals surface area contributed by atoms with Crippen LogP contribution in [-0.2, 0) is 5.41 Å². The van der Waals surface area contributed by atoms with Crippen LogP contribution < -0.4 is 4.74 Å². The predicted octanol–water partition coefficient (Wildman–Crippen LogP) is 6.12. The van der Waals surface area contributed by atoms with Crippen molar-refractivity contribution >= 4 is 0 Å². The lowest BCUT2D eigenvalue weighted by molar-refractivity contribution is 0.468. The zero-order valence-electron chi connectivity index (χ0n) is 14.4. The standard InChI is InChI=1S/C21H19F2NO/c1-21(2,3)18-8-7-16(12-19(18)23)25-17-9-10-24-20(13-17)14-5-4-6-15(22)11-14/h4-13H,1-3H3. The molecule has 2 nitrogen and oxygen atoms in total. The Bertz CT molecular complexity index is 900. The second-order valence-corrected chi connectivity index (χ2v) is 6.88. The molecule has 0 N–H and O–H groups in total. The highest BCUT2D eigenvalue weighted by atomic mass is 19.1. The van der Waals surface area contributed by atoms with Gasteiger partial charge in [-0.25, -0.2) is 8.78 Å². The Morgan fingerprint density at radius 3 is 2.32 bits per heavy atom. The molecule has 0 fully saturated rings. The molecule has 0 saturated heterocycles. The Morgan fingerprint density at radius 1 is 0.880 bits per heavy atom. The molecule has 0 radical (unpaired) electrons. The summed E-state index contributed by atoms with van der Waals surface area (Å²) in [5.74, 6) is 0.286. The molecule has 0 unspecified atom stereocenters. The fraction of sp³-hybridized carbons (Fsp3) is 0.190. The molecule has 1 heterocycles. The molecule has 0 saturated carbocycles. The Kier molecular flexibility index (Phi) is 4.53. The number of ether oxygens (including phenoxy) is 1. The molecule has 0 spiro atoms. The maximum Gasteiger partial charge on any atom is 0.131 e. The highest BCUT2D eigenvalue weighted by molar-refractivity contribution is 5.60. The number of rotatable bonds is 3. The van der Waals surface area contributed by atoms with Crippen LogP contribution in [0.3, 0.4) is 0 Å². The zero-order valence-corrected chi connectivity index (χ0v) is 14.4. The number of pyridine rings is 1. The summed E-state index contributed by atoms with van der Waals surface area (Å²) in [5.41, 5.74) is 1.60. The summed E-state index contributed by atoms with van der Waals surface area (Å²) in [6.45, 7) is 5.88. The molecule has 0 atom stereocenters. The molecule has 0 amide bonds. The fourth-order valence-electron chi connectivity index (χ4n) is 2.58. The molecule has 0 aliphatic rings. The number of nitrogens with zero attached hydrogens (tertiary/aromatic N) is 1. The van der Waals surface area contributed by atoms with Gasteiger partial charge >= 0.3 is 0 Å². The van der Waals surface area contributed by atoms with Crippen molar-refractivity contribution in [3.05, 3.63) is 78.0 Å². The van der Waals surface area contributed by atoms with E-state index in [9.17, 15) is 8.78 Å². The van der Waals surface area contributed by atoms with E-state index in [2.05, 4.69) is 4.98 Å². The summed E-state index contributed by atoms with van der Waals surface area (Å²) >= 11 is 0. The molecule has 0 aliphatic heterocycles. The van der Waals surface area contributed by atoms with E-state index in [1.807, 2.05) is 20.8 Å². The normalized spacial score (nSPS) is 11.4. The van der Waals surface area contributed by atoms with Crippen LogP contribution in [0.4, 0.5) is 8.78 Å². The molecule has 0 aliphatic carbocycles. The Morgan fingerprint density at radius 2 is 1.64 bits per heavy atom. The smallest absolute Gasteiger partial charge is 0.131 e. The van der Waals surface area contributed by atoms with Gasteiger partial charge in [-0.05, 0) is 35.2 Å². The number of hydrogen-bond donors (Lipinski definition) is 0. The monoisotopic (exact) mass is 339 g/mol. The molecule has 3 rings (SSSR count). The maximum absolute atomic E-state index is 14.3. The minimum absolute atomic E-state index is 0.274. The number of aromatic nitrogens is 1. The van der Waals surface area contributed by atoms with Crippen LogP contribution in [0, 0.1) is 11.6 Å². The maximum atomic E-state index is 14.3. The van der Waals surface area contributed by atoms with Gasteiger partial charge in [0.2, 0.25) is 0 Å². The van der Waals surface area contributed by atoms with Crippen LogP contribution in [0.25, 0.3) is 11.3 Å². The SMILES string of the molecule is CC(C)(C)c1ccc(Oc2ccnc(-c3cccc(F)c3)c2)cc1F. The van der Waals surface area contributed by atoms with Crippen LogP contribution >= 0.6 is 0 Å². The van der Waals surface area contributed by atoms with Crippen LogP contribution in [0.5, 0.6) is 11.5 Å². The Labute approximate surface area is 146 Å². The van der Waals surface area contributed by atoms with E-state index in [1.54, 1.807) is 42.6 Å². The van der Waals surface area contributed by atoms with Crippen LogP contribution in [0.1, 0.15) is 26.3 Å². The highest BCUT2D eigenvalue weighted by Crippen LogP contribution is 2.30. The second-order valence-electron chi connectivity index (χ2n) is 6.88. The van der Waals surface area contributed by atoms with Crippen molar-refractivity contribution in [3.8, 4) is 22.8 Å². The summed E-state index contributed by atoms with van der Waals surface area (Å²) in [6, 6.07) is 14.4. The van der Waals surface area contributed by atoms with Gasteiger partial charge in [-0.2, -0.15) is 0 Å². The minimum Gasteiger partial charge on any atom is -0.457 e. The number of halogens is 2. The van der Waals surface area contributed by atoms with Gasteiger partial charge in [0, 0.05) is 23.9 Å². The van der Waals surface area contributed by atoms with Crippen LogP contribution in [-0.4, -0.2) is 4.98 Å². The van der Waals surface area contributed by atoms with Gasteiger partial charge < -0.3 is 4.74 Å². The Hall–Kier alpha value is -2.75. The minimum atomic E-state index is -0.328.